The van der Waals surface area contributed by atoms with Gasteiger partial charge >= 0.3 is 0 Å². The lowest BCUT2D eigenvalue weighted by molar-refractivity contribution is 0.0592. The molecule has 244 valence electrons. The van der Waals surface area contributed by atoms with Gasteiger partial charge in [-0.25, -0.2) is 0 Å². The Kier molecular flexibility index (Phi) is 6.19. The zero-order valence-corrected chi connectivity index (χ0v) is 28.8. The van der Waals surface area contributed by atoms with Crippen LogP contribution >= 0.6 is 0 Å². The molecule has 8 nitrogen and oxygen atoms in total. The molecule has 0 atom stereocenters. The van der Waals surface area contributed by atoms with E-state index in [-0.39, 0.29) is 23.9 Å². The lowest BCUT2D eigenvalue weighted by Crippen LogP contribution is -2.44. The van der Waals surface area contributed by atoms with Crippen LogP contribution in [0.4, 0.5) is 0 Å². The maximum atomic E-state index is 14.6. The summed E-state index contributed by atoms with van der Waals surface area (Å²) in [7, 11) is 0. The Morgan fingerprint density at radius 1 is 0.521 bits per heavy atom. The number of nitrogens with one attached hydrogen (secondary N) is 2. The van der Waals surface area contributed by atoms with E-state index in [1.807, 2.05) is 26.0 Å². The summed E-state index contributed by atoms with van der Waals surface area (Å²) in [6, 6.07) is 12.3. The zero-order valence-electron chi connectivity index (χ0n) is 28.8. The van der Waals surface area contributed by atoms with E-state index < -0.39 is 23.6 Å². The third-order valence-electron chi connectivity index (χ3n) is 10.3. The van der Waals surface area contributed by atoms with Crippen LogP contribution in [0.5, 0.6) is 0 Å². The molecule has 4 amide bonds. The smallest absolute Gasteiger partial charge is 0.263 e. The van der Waals surface area contributed by atoms with Gasteiger partial charge in [-0.3, -0.25) is 29.0 Å². The first-order valence-corrected chi connectivity index (χ1v) is 17.0. The number of imide groups is 2. The highest BCUT2D eigenvalue weighted by molar-refractivity contribution is 6.45. The molecule has 0 radical (unpaired) electrons. The highest BCUT2D eigenvalue weighted by Gasteiger charge is 2.45. The summed E-state index contributed by atoms with van der Waals surface area (Å²) in [6.07, 6.45) is 1.18. The predicted molar refractivity (Wildman–Crippen MR) is 191 cm³/mol. The molecular formula is C40H40N4O4. The molecule has 0 saturated heterocycles. The van der Waals surface area contributed by atoms with Gasteiger partial charge in [-0.1, -0.05) is 79.7 Å². The van der Waals surface area contributed by atoms with Crippen molar-refractivity contribution in [3.8, 4) is 0 Å². The molecular weight excluding hydrogens is 600 g/mol. The summed E-state index contributed by atoms with van der Waals surface area (Å²) in [5.41, 5.74) is 6.00. The molecule has 2 aliphatic heterocycles. The molecule has 2 aliphatic rings. The topological polar surface area (TPSA) is 106 Å². The number of carbonyl (C=O) groups is 4. The molecule has 6 aromatic rings. The molecule has 0 spiro atoms. The molecule has 4 heterocycles. The Morgan fingerprint density at radius 3 is 1.23 bits per heavy atom. The van der Waals surface area contributed by atoms with Crippen LogP contribution in [0.3, 0.4) is 0 Å². The van der Waals surface area contributed by atoms with Crippen LogP contribution in [-0.2, 0) is 10.8 Å². The zero-order chi connectivity index (χ0) is 34.2. The van der Waals surface area contributed by atoms with Crippen molar-refractivity contribution in [2.75, 3.05) is 13.1 Å². The lowest BCUT2D eigenvalue weighted by Gasteiger charge is -2.33. The molecule has 0 bridgehead atoms. The van der Waals surface area contributed by atoms with E-state index in [2.05, 4.69) is 75.8 Å². The van der Waals surface area contributed by atoms with Crippen LogP contribution < -0.4 is 0 Å². The lowest BCUT2D eigenvalue weighted by atomic mass is 9.80. The van der Waals surface area contributed by atoms with E-state index in [1.165, 1.54) is 9.80 Å². The second-order valence-corrected chi connectivity index (χ2v) is 15.5. The fourth-order valence-electron chi connectivity index (χ4n) is 7.91. The Balaban J connectivity index is 1.66. The Morgan fingerprint density at radius 2 is 0.875 bits per heavy atom. The van der Waals surface area contributed by atoms with E-state index >= 15 is 0 Å². The van der Waals surface area contributed by atoms with Gasteiger partial charge in [0.05, 0.1) is 33.3 Å². The number of aromatic nitrogens is 2. The van der Waals surface area contributed by atoms with Crippen LogP contribution in [0.15, 0.2) is 36.4 Å². The molecule has 0 unspecified atom stereocenters. The number of hydrogen-bond donors (Lipinski definition) is 2. The fourth-order valence-corrected chi connectivity index (χ4v) is 7.91. The first kappa shape index (κ1) is 30.4. The van der Waals surface area contributed by atoms with Crippen molar-refractivity contribution in [3.05, 3.63) is 69.8 Å². The third kappa shape index (κ3) is 3.83. The highest BCUT2D eigenvalue weighted by Crippen LogP contribution is 2.50. The molecule has 0 saturated carbocycles. The number of fused-ring (bicyclic) bond motifs is 10. The van der Waals surface area contributed by atoms with Crippen molar-refractivity contribution in [2.24, 2.45) is 0 Å². The van der Waals surface area contributed by atoms with Gasteiger partial charge in [0.2, 0.25) is 0 Å². The Hall–Kier alpha value is -4.98. The van der Waals surface area contributed by atoms with Crippen molar-refractivity contribution < 1.29 is 19.2 Å². The fraction of sp³-hybridized carbons (Fsp3) is 0.350. The molecule has 0 aliphatic carbocycles. The highest BCUT2D eigenvalue weighted by atomic mass is 16.2. The number of benzene rings is 4. The molecule has 0 fully saturated rings. The van der Waals surface area contributed by atoms with Crippen molar-refractivity contribution >= 4 is 78.0 Å². The van der Waals surface area contributed by atoms with Crippen molar-refractivity contribution in [1.29, 1.82) is 0 Å². The van der Waals surface area contributed by atoms with Gasteiger partial charge in [0, 0.05) is 56.4 Å². The number of H-pyrrole nitrogens is 2. The average Bonchev–Trinajstić information content (AvgIpc) is 3.59. The Labute approximate surface area is 278 Å². The number of hydrogen-bond acceptors (Lipinski definition) is 4. The van der Waals surface area contributed by atoms with Gasteiger partial charge in [0.15, 0.2) is 0 Å². The van der Waals surface area contributed by atoms with E-state index in [4.69, 9.17) is 0 Å². The Bertz CT molecular complexity index is 2320. The minimum atomic E-state index is -0.416. The standard InChI is InChI=1S/C40H40N4O4/c1-9-15-43-35(45)29-25-21-13-11-19(39(3,4)5)17-23(21)41-33(25)31-28-27(29)30(36(43)46)26-22-14-12-20(40(6,7)8)18-24(22)42-34(26)32(28)38(48)44(16-10-2)37(31)47/h11-14,17-18,41-42H,9-10,15-16H2,1-8H3. The van der Waals surface area contributed by atoms with E-state index in [0.29, 0.717) is 67.7 Å². The average molecular weight is 641 g/mol. The van der Waals surface area contributed by atoms with Crippen LogP contribution in [0.2, 0.25) is 0 Å². The summed E-state index contributed by atoms with van der Waals surface area (Å²) < 4.78 is 0. The molecule has 8 heteroatoms. The second-order valence-electron chi connectivity index (χ2n) is 15.5. The SMILES string of the molecule is CCCN1C(=O)c2c3[nH]c4cc(C(C)(C)C)ccc4c3c3c4c(c5c([nH]c6cc(C(C)(C)C)ccc65)c(c24)C1=O)C(=O)N(CCC)C3=O. The van der Waals surface area contributed by atoms with Crippen LogP contribution in [0.25, 0.3) is 54.4 Å². The first-order valence-electron chi connectivity index (χ1n) is 17.0. The van der Waals surface area contributed by atoms with Crippen molar-refractivity contribution in [2.45, 2.75) is 79.1 Å². The molecule has 8 rings (SSSR count). The minimum absolute atomic E-state index is 0.133. The van der Waals surface area contributed by atoms with Crippen molar-refractivity contribution in [3.63, 3.8) is 0 Å². The van der Waals surface area contributed by atoms with E-state index in [0.717, 1.165) is 32.9 Å². The van der Waals surface area contributed by atoms with Gasteiger partial charge in [-0.05, 0) is 46.9 Å². The second kappa shape index (κ2) is 9.78. The van der Waals surface area contributed by atoms with Gasteiger partial charge in [-0.15, -0.1) is 0 Å². The number of aromatic amines is 2. The number of carbonyl (C=O) groups excluding carboxylic acids is 4. The number of nitrogens with zero attached hydrogens (tertiary/aromatic N) is 2. The minimum Gasteiger partial charge on any atom is -0.354 e. The van der Waals surface area contributed by atoms with Gasteiger partial charge in [0.25, 0.3) is 23.6 Å². The molecule has 48 heavy (non-hydrogen) atoms. The van der Waals surface area contributed by atoms with Gasteiger partial charge < -0.3 is 9.97 Å². The summed E-state index contributed by atoms with van der Waals surface area (Å²) in [5, 5.41) is 3.63. The quantitative estimate of drug-likeness (QED) is 0.188. The van der Waals surface area contributed by atoms with E-state index in [1.54, 1.807) is 0 Å². The number of rotatable bonds is 4. The van der Waals surface area contributed by atoms with Crippen LogP contribution in [-0.4, -0.2) is 56.5 Å². The van der Waals surface area contributed by atoms with Crippen LogP contribution in [0.1, 0.15) is 121 Å². The van der Waals surface area contributed by atoms with Crippen LogP contribution in [0, 0.1) is 0 Å². The summed E-state index contributed by atoms with van der Waals surface area (Å²) in [5.74, 6) is -1.63. The summed E-state index contributed by atoms with van der Waals surface area (Å²) in [6.45, 7) is 17.2. The normalized spacial score (nSPS) is 15.5. The maximum absolute atomic E-state index is 14.6. The van der Waals surface area contributed by atoms with Gasteiger partial charge in [-0.2, -0.15) is 0 Å². The summed E-state index contributed by atoms with van der Waals surface area (Å²) >= 11 is 0. The summed E-state index contributed by atoms with van der Waals surface area (Å²) in [4.78, 5) is 68.1. The monoisotopic (exact) mass is 640 g/mol. The third-order valence-corrected chi connectivity index (χ3v) is 10.3. The predicted octanol–water partition coefficient (Wildman–Crippen LogP) is 8.72. The maximum Gasteiger partial charge on any atom is 0.263 e. The molecule has 2 N–H and O–H groups in total. The van der Waals surface area contributed by atoms with Crippen molar-refractivity contribution in [1.82, 2.24) is 19.8 Å². The largest absolute Gasteiger partial charge is 0.354 e. The molecule has 2 aromatic heterocycles. The first-order chi connectivity index (χ1) is 22.7. The van der Waals surface area contributed by atoms with E-state index in [9.17, 15) is 19.2 Å². The van der Waals surface area contributed by atoms with Gasteiger partial charge in [0.1, 0.15) is 0 Å². The molecule has 4 aromatic carbocycles. The number of amides is 4.